The van der Waals surface area contributed by atoms with Crippen molar-refractivity contribution in [3.63, 3.8) is 0 Å². The Morgan fingerprint density at radius 3 is 2.70 bits per heavy atom. The van der Waals surface area contributed by atoms with Crippen LogP contribution >= 0.6 is 15.9 Å². The molecule has 5 heteroatoms. The quantitative estimate of drug-likeness (QED) is 0.843. The van der Waals surface area contributed by atoms with Gasteiger partial charge in [0.05, 0.1) is 18.4 Å². The van der Waals surface area contributed by atoms with Gasteiger partial charge in [0.25, 0.3) is 5.91 Å². The maximum atomic E-state index is 12.3. The van der Waals surface area contributed by atoms with Crippen molar-refractivity contribution in [2.45, 2.75) is 6.92 Å². The third-order valence-corrected chi connectivity index (χ3v) is 3.53. The highest BCUT2D eigenvalue weighted by Crippen LogP contribution is 2.26. The summed E-state index contributed by atoms with van der Waals surface area (Å²) >= 11 is 3.41. The minimum Gasteiger partial charge on any atom is -0.496 e. The molecular weight excluding hydrogens is 320 g/mol. The van der Waals surface area contributed by atoms with Gasteiger partial charge in [-0.3, -0.25) is 4.79 Å². The zero-order valence-corrected chi connectivity index (χ0v) is 12.8. The van der Waals surface area contributed by atoms with Gasteiger partial charge in [0.1, 0.15) is 5.75 Å². The summed E-state index contributed by atoms with van der Waals surface area (Å²) in [6.45, 7) is 1.96. The molecule has 0 bridgehead atoms. The third kappa shape index (κ3) is 3.11. The van der Waals surface area contributed by atoms with E-state index in [0.29, 0.717) is 22.7 Å². The lowest BCUT2D eigenvalue weighted by atomic mass is 10.1. The van der Waals surface area contributed by atoms with Crippen molar-refractivity contribution >= 4 is 33.2 Å². The number of nitrogens with two attached hydrogens (primary N) is 1. The van der Waals surface area contributed by atoms with E-state index in [1.165, 1.54) is 7.11 Å². The van der Waals surface area contributed by atoms with Gasteiger partial charge >= 0.3 is 0 Å². The topological polar surface area (TPSA) is 64.3 Å². The van der Waals surface area contributed by atoms with Crippen LogP contribution in [0.2, 0.25) is 0 Å². The molecule has 0 aliphatic rings. The molecule has 0 fully saturated rings. The monoisotopic (exact) mass is 334 g/mol. The van der Waals surface area contributed by atoms with Crippen molar-refractivity contribution in [1.82, 2.24) is 0 Å². The second-order valence-corrected chi connectivity index (χ2v) is 5.25. The summed E-state index contributed by atoms with van der Waals surface area (Å²) in [5.74, 6) is 0.223. The minimum atomic E-state index is -0.263. The highest BCUT2D eigenvalue weighted by atomic mass is 79.9. The van der Waals surface area contributed by atoms with Crippen molar-refractivity contribution < 1.29 is 9.53 Å². The zero-order valence-electron chi connectivity index (χ0n) is 11.2. The molecule has 20 heavy (non-hydrogen) atoms. The number of nitrogen functional groups attached to an aromatic ring is 1. The predicted molar refractivity (Wildman–Crippen MR) is 84.2 cm³/mol. The fraction of sp³-hybridized carbons (Fsp3) is 0.133. The van der Waals surface area contributed by atoms with Crippen molar-refractivity contribution in [3.8, 4) is 5.75 Å². The van der Waals surface area contributed by atoms with E-state index in [4.69, 9.17) is 10.5 Å². The smallest absolute Gasteiger partial charge is 0.259 e. The number of methoxy groups -OCH3 is 1. The molecule has 0 aromatic heterocycles. The summed E-state index contributed by atoms with van der Waals surface area (Å²) in [5.41, 5.74) is 8.41. The Labute approximate surface area is 126 Å². The summed E-state index contributed by atoms with van der Waals surface area (Å²) in [6, 6.07) is 10.7. The number of hydrogen-bond donors (Lipinski definition) is 2. The second kappa shape index (κ2) is 5.96. The number of anilines is 2. The fourth-order valence-electron chi connectivity index (χ4n) is 1.83. The van der Waals surface area contributed by atoms with Gasteiger partial charge in [0, 0.05) is 10.2 Å². The Hall–Kier alpha value is -2.01. The molecule has 0 aliphatic carbocycles. The highest BCUT2D eigenvalue weighted by Gasteiger charge is 2.14. The summed E-state index contributed by atoms with van der Waals surface area (Å²) in [6.07, 6.45) is 0. The van der Waals surface area contributed by atoms with Crippen LogP contribution in [0.3, 0.4) is 0 Å². The van der Waals surface area contributed by atoms with E-state index in [1.807, 2.05) is 25.1 Å². The van der Waals surface area contributed by atoms with Crippen LogP contribution in [-0.2, 0) is 0 Å². The van der Waals surface area contributed by atoms with Gasteiger partial charge in [-0.15, -0.1) is 0 Å². The average molecular weight is 335 g/mol. The van der Waals surface area contributed by atoms with Crippen molar-refractivity contribution in [2.75, 3.05) is 18.2 Å². The van der Waals surface area contributed by atoms with E-state index in [-0.39, 0.29) is 5.91 Å². The van der Waals surface area contributed by atoms with E-state index < -0.39 is 0 Å². The van der Waals surface area contributed by atoms with Crippen molar-refractivity contribution in [3.05, 3.63) is 52.0 Å². The maximum absolute atomic E-state index is 12.3. The molecule has 4 nitrogen and oxygen atoms in total. The first-order valence-electron chi connectivity index (χ1n) is 6.02. The van der Waals surface area contributed by atoms with Crippen LogP contribution in [0.5, 0.6) is 5.75 Å². The lowest BCUT2D eigenvalue weighted by Crippen LogP contribution is -2.14. The third-order valence-electron chi connectivity index (χ3n) is 2.84. The largest absolute Gasteiger partial charge is 0.496 e. The first-order chi connectivity index (χ1) is 9.51. The van der Waals surface area contributed by atoms with E-state index in [0.717, 1.165) is 10.0 Å². The molecule has 2 rings (SSSR count). The zero-order chi connectivity index (χ0) is 14.7. The first kappa shape index (κ1) is 14.4. The molecule has 0 saturated heterocycles. The Bertz CT molecular complexity index is 656. The molecule has 0 saturated carbocycles. The molecule has 0 spiro atoms. The number of hydrogen-bond acceptors (Lipinski definition) is 3. The van der Waals surface area contributed by atoms with Crippen LogP contribution in [0.4, 0.5) is 11.4 Å². The average Bonchev–Trinajstić information content (AvgIpc) is 2.42. The number of halogens is 1. The van der Waals surface area contributed by atoms with Gasteiger partial charge in [-0.1, -0.05) is 6.07 Å². The summed E-state index contributed by atoms with van der Waals surface area (Å²) in [5, 5.41) is 2.85. The number of amides is 1. The minimum absolute atomic E-state index is 0.263. The standard InChI is InChI=1S/C15H15BrN2O2/c1-9-3-5-12(16)13(7-9)18-15(19)11-8-10(17)4-6-14(11)20-2/h3-8H,17H2,1-2H3,(H,18,19). The molecule has 2 aromatic rings. The van der Waals surface area contributed by atoms with E-state index in [1.54, 1.807) is 18.2 Å². The molecule has 0 radical (unpaired) electrons. The molecule has 1 amide bonds. The van der Waals surface area contributed by atoms with Gasteiger partial charge in [-0.05, 0) is 58.7 Å². The lowest BCUT2D eigenvalue weighted by molar-refractivity contribution is 0.102. The Kier molecular flexibility index (Phi) is 4.29. The Morgan fingerprint density at radius 2 is 2.00 bits per heavy atom. The van der Waals surface area contributed by atoms with Crippen LogP contribution in [-0.4, -0.2) is 13.0 Å². The first-order valence-corrected chi connectivity index (χ1v) is 6.81. The Morgan fingerprint density at radius 1 is 1.25 bits per heavy atom. The van der Waals surface area contributed by atoms with Crippen LogP contribution in [0.1, 0.15) is 15.9 Å². The maximum Gasteiger partial charge on any atom is 0.259 e. The van der Waals surface area contributed by atoms with E-state index >= 15 is 0 Å². The molecule has 0 heterocycles. The SMILES string of the molecule is COc1ccc(N)cc1C(=O)Nc1cc(C)ccc1Br. The number of rotatable bonds is 3. The van der Waals surface area contributed by atoms with Crippen molar-refractivity contribution in [1.29, 1.82) is 0 Å². The summed E-state index contributed by atoms with van der Waals surface area (Å²) < 4.78 is 6.00. The van der Waals surface area contributed by atoms with Gasteiger partial charge < -0.3 is 15.8 Å². The lowest BCUT2D eigenvalue weighted by Gasteiger charge is -2.11. The van der Waals surface area contributed by atoms with Gasteiger partial charge in [-0.2, -0.15) is 0 Å². The van der Waals surface area contributed by atoms with Gasteiger partial charge in [0.2, 0.25) is 0 Å². The normalized spacial score (nSPS) is 10.2. The molecule has 0 unspecified atom stereocenters. The molecule has 0 aliphatic heterocycles. The van der Waals surface area contributed by atoms with E-state index in [9.17, 15) is 4.79 Å². The Balaban J connectivity index is 2.32. The van der Waals surface area contributed by atoms with Crippen LogP contribution in [0.25, 0.3) is 0 Å². The van der Waals surface area contributed by atoms with Crippen LogP contribution in [0, 0.1) is 6.92 Å². The fourth-order valence-corrected chi connectivity index (χ4v) is 2.17. The van der Waals surface area contributed by atoms with Gasteiger partial charge in [-0.25, -0.2) is 0 Å². The number of ether oxygens (including phenoxy) is 1. The second-order valence-electron chi connectivity index (χ2n) is 4.40. The van der Waals surface area contributed by atoms with Crippen LogP contribution in [0.15, 0.2) is 40.9 Å². The molecule has 3 N–H and O–H groups in total. The summed E-state index contributed by atoms with van der Waals surface area (Å²) in [4.78, 5) is 12.3. The molecular formula is C15H15BrN2O2. The van der Waals surface area contributed by atoms with Crippen molar-refractivity contribution in [2.24, 2.45) is 0 Å². The molecule has 2 aromatic carbocycles. The number of nitrogens with one attached hydrogen (secondary N) is 1. The number of carbonyl (C=O) groups excluding carboxylic acids is 1. The number of carbonyl (C=O) groups is 1. The van der Waals surface area contributed by atoms with E-state index in [2.05, 4.69) is 21.2 Å². The predicted octanol–water partition coefficient (Wildman–Crippen LogP) is 3.60. The molecule has 0 atom stereocenters. The summed E-state index contributed by atoms with van der Waals surface area (Å²) in [7, 11) is 1.52. The number of aryl methyl sites for hydroxylation is 1. The molecule has 104 valence electrons. The number of benzene rings is 2. The van der Waals surface area contributed by atoms with Crippen LogP contribution < -0.4 is 15.8 Å². The van der Waals surface area contributed by atoms with Gasteiger partial charge in [0.15, 0.2) is 0 Å². The highest BCUT2D eigenvalue weighted by molar-refractivity contribution is 9.10.